The van der Waals surface area contributed by atoms with Crippen LogP contribution < -0.4 is 5.32 Å². The summed E-state index contributed by atoms with van der Waals surface area (Å²) in [4.78, 5) is 17.6. The number of fused-ring (bicyclic) bond motifs is 1. The van der Waals surface area contributed by atoms with Crippen molar-refractivity contribution in [2.45, 2.75) is 13.3 Å². The summed E-state index contributed by atoms with van der Waals surface area (Å²) in [6.45, 7) is 2.84. The minimum absolute atomic E-state index is 0.403. The van der Waals surface area contributed by atoms with E-state index in [9.17, 15) is 18.0 Å². The number of benzene rings is 2. The Labute approximate surface area is 155 Å². The average Bonchev–Trinajstić information content (AvgIpc) is 2.86. The summed E-state index contributed by atoms with van der Waals surface area (Å²) in [6, 6.07) is 6.17. The zero-order valence-corrected chi connectivity index (χ0v) is 15.3. The SMILES string of the molecule is Cc1[nH]c2ccc(NC(=O)c3c(F)cc(F)cc3F)cc2c1CCN(C)C. The monoisotopic (exact) mass is 375 g/mol. The molecule has 0 spiro atoms. The van der Waals surface area contributed by atoms with Crippen molar-refractivity contribution < 1.29 is 18.0 Å². The molecule has 0 aliphatic rings. The van der Waals surface area contributed by atoms with Gasteiger partial charge in [0.1, 0.15) is 23.0 Å². The quantitative estimate of drug-likeness (QED) is 0.700. The molecule has 1 aromatic heterocycles. The highest BCUT2D eigenvalue weighted by molar-refractivity contribution is 6.05. The highest BCUT2D eigenvalue weighted by atomic mass is 19.1. The summed E-state index contributed by atoms with van der Waals surface area (Å²) in [6.07, 6.45) is 0.817. The van der Waals surface area contributed by atoms with E-state index < -0.39 is 28.9 Å². The standard InChI is InChI=1S/C20H20F3N3O/c1-11-14(6-7-26(2)3)15-10-13(4-5-18(15)24-11)25-20(27)19-16(22)8-12(21)9-17(19)23/h4-5,8-10,24H,6-7H2,1-3H3,(H,25,27). The van der Waals surface area contributed by atoms with Crippen LogP contribution in [0.5, 0.6) is 0 Å². The predicted molar refractivity (Wildman–Crippen MR) is 99.6 cm³/mol. The third-order valence-electron chi connectivity index (χ3n) is 4.42. The van der Waals surface area contributed by atoms with Gasteiger partial charge < -0.3 is 15.2 Å². The van der Waals surface area contributed by atoms with Crippen molar-refractivity contribution in [2.24, 2.45) is 0 Å². The van der Waals surface area contributed by atoms with Gasteiger partial charge in [-0.3, -0.25) is 4.79 Å². The Morgan fingerprint density at radius 1 is 1.11 bits per heavy atom. The van der Waals surface area contributed by atoms with E-state index in [-0.39, 0.29) is 0 Å². The molecule has 0 saturated carbocycles. The lowest BCUT2D eigenvalue weighted by Crippen LogP contribution is -2.16. The Morgan fingerprint density at radius 3 is 2.41 bits per heavy atom. The Balaban J connectivity index is 1.91. The third-order valence-corrected chi connectivity index (χ3v) is 4.42. The first-order chi connectivity index (χ1) is 12.8. The van der Waals surface area contributed by atoms with Gasteiger partial charge in [0, 0.05) is 41.0 Å². The fourth-order valence-corrected chi connectivity index (χ4v) is 3.07. The van der Waals surface area contributed by atoms with Crippen molar-refractivity contribution in [2.75, 3.05) is 26.0 Å². The van der Waals surface area contributed by atoms with Crippen molar-refractivity contribution in [1.82, 2.24) is 9.88 Å². The molecule has 0 saturated heterocycles. The van der Waals surface area contributed by atoms with E-state index in [0.29, 0.717) is 17.8 Å². The number of aromatic amines is 1. The number of aryl methyl sites for hydroxylation is 1. The maximum Gasteiger partial charge on any atom is 0.261 e. The molecule has 0 fully saturated rings. The Hall–Kier alpha value is -2.80. The molecule has 7 heteroatoms. The normalized spacial score (nSPS) is 11.4. The number of hydrogen-bond donors (Lipinski definition) is 2. The number of hydrogen-bond acceptors (Lipinski definition) is 2. The van der Waals surface area contributed by atoms with E-state index in [1.165, 1.54) is 0 Å². The summed E-state index contributed by atoms with van der Waals surface area (Å²) in [5.74, 6) is -4.52. The van der Waals surface area contributed by atoms with E-state index in [1.54, 1.807) is 18.2 Å². The van der Waals surface area contributed by atoms with Gasteiger partial charge in [-0.1, -0.05) is 0 Å². The minimum atomic E-state index is -1.24. The van der Waals surface area contributed by atoms with Crippen LogP contribution in [-0.4, -0.2) is 36.4 Å². The van der Waals surface area contributed by atoms with Gasteiger partial charge >= 0.3 is 0 Å². The van der Waals surface area contributed by atoms with Gasteiger partial charge in [-0.25, -0.2) is 13.2 Å². The Kier molecular flexibility index (Phi) is 5.23. The fraction of sp³-hybridized carbons (Fsp3) is 0.250. The van der Waals surface area contributed by atoms with Crippen molar-refractivity contribution in [3.8, 4) is 0 Å². The molecule has 0 aliphatic heterocycles. The number of carbonyl (C=O) groups excluding carboxylic acids is 1. The number of nitrogens with zero attached hydrogens (tertiary/aromatic N) is 1. The molecule has 1 heterocycles. The van der Waals surface area contributed by atoms with Crippen LogP contribution >= 0.6 is 0 Å². The second-order valence-corrected chi connectivity index (χ2v) is 6.74. The second-order valence-electron chi connectivity index (χ2n) is 6.74. The van der Waals surface area contributed by atoms with Gasteiger partial charge in [0.05, 0.1) is 0 Å². The highest BCUT2D eigenvalue weighted by Crippen LogP contribution is 2.26. The molecule has 4 nitrogen and oxygen atoms in total. The van der Waals surface area contributed by atoms with Gasteiger partial charge in [-0.15, -0.1) is 0 Å². The number of likely N-dealkylation sites (N-methyl/N-ethyl adjacent to an activating group) is 1. The van der Waals surface area contributed by atoms with Crippen LogP contribution in [0, 0.1) is 24.4 Å². The van der Waals surface area contributed by atoms with Crippen LogP contribution in [0.2, 0.25) is 0 Å². The lowest BCUT2D eigenvalue weighted by molar-refractivity contribution is 0.101. The van der Waals surface area contributed by atoms with Crippen molar-refractivity contribution >= 4 is 22.5 Å². The minimum Gasteiger partial charge on any atom is -0.358 e. The molecular weight excluding hydrogens is 355 g/mol. The average molecular weight is 375 g/mol. The highest BCUT2D eigenvalue weighted by Gasteiger charge is 2.19. The molecule has 0 atom stereocenters. The first kappa shape index (κ1) is 19.0. The van der Waals surface area contributed by atoms with Crippen molar-refractivity contribution in [1.29, 1.82) is 0 Å². The first-order valence-corrected chi connectivity index (χ1v) is 8.48. The van der Waals surface area contributed by atoms with E-state index in [0.717, 1.165) is 35.1 Å². The summed E-state index contributed by atoms with van der Waals surface area (Å²) in [7, 11) is 3.98. The van der Waals surface area contributed by atoms with Crippen LogP contribution in [0.15, 0.2) is 30.3 Å². The molecule has 0 aliphatic carbocycles. The van der Waals surface area contributed by atoms with Crippen molar-refractivity contribution in [3.63, 3.8) is 0 Å². The Bertz CT molecular complexity index is 988. The maximum atomic E-state index is 13.8. The molecule has 0 bridgehead atoms. The number of carbonyl (C=O) groups is 1. The van der Waals surface area contributed by atoms with Crippen LogP contribution in [0.4, 0.5) is 18.9 Å². The van der Waals surface area contributed by atoms with Crippen LogP contribution in [0.3, 0.4) is 0 Å². The summed E-state index contributed by atoms with van der Waals surface area (Å²) in [5, 5.41) is 3.42. The third kappa shape index (κ3) is 3.98. The summed E-state index contributed by atoms with van der Waals surface area (Å²) < 4.78 is 40.7. The molecule has 0 radical (unpaired) electrons. The summed E-state index contributed by atoms with van der Waals surface area (Å²) in [5.41, 5.74) is 2.66. The largest absolute Gasteiger partial charge is 0.358 e. The summed E-state index contributed by atoms with van der Waals surface area (Å²) >= 11 is 0. The smallest absolute Gasteiger partial charge is 0.261 e. The molecular formula is C20H20F3N3O. The van der Waals surface area contributed by atoms with Gasteiger partial charge in [0.2, 0.25) is 0 Å². The molecule has 0 unspecified atom stereocenters. The fourth-order valence-electron chi connectivity index (χ4n) is 3.07. The first-order valence-electron chi connectivity index (χ1n) is 8.48. The molecule has 1 amide bonds. The van der Waals surface area contributed by atoms with Gasteiger partial charge in [0.15, 0.2) is 0 Å². The van der Waals surface area contributed by atoms with Crippen LogP contribution in [-0.2, 0) is 6.42 Å². The van der Waals surface area contributed by atoms with Crippen molar-refractivity contribution in [3.05, 3.63) is 64.6 Å². The number of anilines is 1. The number of nitrogens with one attached hydrogen (secondary N) is 2. The molecule has 3 rings (SSSR count). The zero-order chi connectivity index (χ0) is 19.7. The lowest BCUT2D eigenvalue weighted by atomic mass is 10.1. The number of H-pyrrole nitrogens is 1. The number of rotatable bonds is 5. The van der Waals surface area contributed by atoms with E-state index >= 15 is 0 Å². The second kappa shape index (κ2) is 7.44. The van der Waals surface area contributed by atoms with Crippen LogP contribution in [0.1, 0.15) is 21.6 Å². The molecule has 3 aromatic rings. The maximum absolute atomic E-state index is 13.8. The van der Waals surface area contributed by atoms with E-state index in [1.807, 2.05) is 21.0 Å². The van der Waals surface area contributed by atoms with Gasteiger partial charge in [-0.2, -0.15) is 0 Å². The molecule has 142 valence electrons. The molecule has 2 aromatic carbocycles. The predicted octanol–water partition coefficient (Wildman–Crippen LogP) is 4.25. The van der Waals surface area contributed by atoms with E-state index in [2.05, 4.69) is 15.2 Å². The van der Waals surface area contributed by atoms with E-state index in [4.69, 9.17) is 0 Å². The number of aromatic nitrogens is 1. The number of amides is 1. The Morgan fingerprint density at radius 2 is 1.78 bits per heavy atom. The van der Waals surface area contributed by atoms with Gasteiger partial charge in [0.25, 0.3) is 5.91 Å². The van der Waals surface area contributed by atoms with Gasteiger partial charge in [-0.05, 0) is 51.2 Å². The molecule has 27 heavy (non-hydrogen) atoms. The lowest BCUT2D eigenvalue weighted by Gasteiger charge is -2.10. The zero-order valence-electron chi connectivity index (χ0n) is 15.3. The topological polar surface area (TPSA) is 48.1 Å². The molecule has 2 N–H and O–H groups in total. The van der Waals surface area contributed by atoms with Crippen LogP contribution in [0.25, 0.3) is 10.9 Å². The number of halogens is 3.